The van der Waals surface area contributed by atoms with Crippen LogP contribution < -0.4 is 9.47 Å². The molecule has 6 nitrogen and oxygen atoms in total. The minimum Gasteiger partial charge on any atom is -0.493 e. The van der Waals surface area contributed by atoms with E-state index in [2.05, 4.69) is 16.8 Å². The molecule has 0 saturated carbocycles. The van der Waals surface area contributed by atoms with Crippen LogP contribution in [0.3, 0.4) is 0 Å². The molecule has 8 heteroatoms. The predicted molar refractivity (Wildman–Crippen MR) is 123 cm³/mol. The van der Waals surface area contributed by atoms with Gasteiger partial charge in [0.2, 0.25) is 0 Å². The largest absolute Gasteiger partial charge is 0.493 e. The van der Waals surface area contributed by atoms with Crippen molar-refractivity contribution < 1.29 is 23.5 Å². The summed E-state index contributed by atoms with van der Waals surface area (Å²) in [6.07, 6.45) is 2.89. The number of aryl methyl sites for hydroxylation is 1. The average Bonchev–Trinajstić information content (AvgIpc) is 3.19. The number of benzene rings is 2. The van der Waals surface area contributed by atoms with Crippen LogP contribution in [0.4, 0.5) is 0 Å². The monoisotopic (exact) mass is 463 g/mol. The zero-order chi connectivity index (χ0) is 22.2. The fourth-order valence-electron chi connectivity index (χ4n) is 3.22. The van der Waals surface area contributed by atoms with Gasteiger partial charge in [-0.15, -0.1) is 11.8 Å². The summed E-state index contributed by atoms with van der Waals surface area (Å²) in [5.74, 6) is 1.89. The second-order valence-electron chi connectivity index (χ2n) is 6.93. The number of thioether (sulfide) groups is 1. The van der Waals surface area contributed by atoms with Crippen LogP contribution in [0.5, 0.6) is 11.6 Å². The molecule has 166 valence electrons. The highest BCUT2D eigenvalue weighted by Gasteiger charge is 2.16. The second kappa shape index (κ2) is 11.3. The van der Waals surface area contributed by atoms with Crippen LogP contribution in [-0.2, 0) is 22.4 Å². The van der Waals surface area contributed by atoms with Gasteiger partial charge in [0.1, 0.15) is 5.75 Å². The van der Waals surface area contributed by atoms with Crippen LogP contribution in [0, 0.1) is 0 Å². The van der Waals surface area contributed by atoms with Gasteiger partial charge in [-0.2, -0.15) is 0 Å². The predicted octanol–water partition coefficient (Wildman–Crippen LogP) is 5.72. The third-order valence-electron chi connectivity index (χ3n) is 4.74. The number of carbonyl (C=O) groups excluding carboxylic acids is 1. The SMILES string of the molecule is CCCc1c(OCCCSc2ccc(CC(=O)OC)cc2Cl)ccc2c(OC)noc12. The average molecular weight is 464 g/mol. The minimum absolute atomic E-state index is 0.219. The summed E-state index contributed by atoms with van der Waals surface area (Å²) in [6, 6.07) is 9.53. The Balaban J connectivity index is 1.54. The number of hydrogen-bond acceptors (Lipinski definition) is 7. The van der Waals surface area contributed by atoms with Crippen molar-refractivity contribution in [2.75, 3.05) is 26.6 Å². The van der Waals surface area contributed by atoms with E-state index < -0.39 is 0 Å². The highest BCUT2D eigenvalue weighted by atomic mass is 35.5. The van der Waals surface area contributed by atoms with E-state index >= 15 is 0 Å². The highest BCUT2D eigenvalue weighted by Crippen LogP contribution is 2.34. The zero-order valence-corrected chi connectivity index (χ0v) is 19.5. The first kappa shape index (κ1) is 23.3. The van der Waals surface area contributed by atoms with Gasteiger partial charge in [0.15, 0.2) is 5.58 Å². The van der Waals surface area contributed by atoms with Crippen LogP contribution in [0.25, 0.3) is 11.0 Å². The molecule has 0 atom stereocenters. The quantitative estimate of drug-likeness (QED) is 0.204. The van der Waals surface area contributed by atoms with Gasteiger partial charge in [0.05, 0.1) is 37.7 Å². The number of ether oxygens (including phenoxy) is 3. The Bertz CT molecular complexity index is 1040. The fraction of sp³-hybridized carbons (Fsp3) is 0.391. The number of carbonyl (C=O) groups is 1. The maximum absolute atomic E-state index is 11.4. The maximum atomic E-state index is 11.4. The van der Waals surface area contributed by atoms with Crippen molar-refractivity contribution in [2.24, 2.45) is 0 Å². The molecule has 0 unspecified atom stereocenters. The second-order valence-corrected chi connectivity index (χ2v) is 8.47. The number of rotatable bonds is 11. The molecule has 1 aromatic heterocycles. The zero-order valence-electron chi connectivity index (χ0n) is 17.9. The van der Waals surface area contributed by atoms with Crippen molar-refractivity contribution in [2.45, 2.75) is 37.5 Å². The number of fused-ring (bicyclic) bond motifs is 1. The van der Waals surface area contributed by atoms with E-state index in [0.717, 1.165) is 57.8 Å². The van der Waals surface area contributed by atoms with E-state index in [1.807, 2.05) is 30.3 Å². The molecule has 0 bridgehead atoms. The molecule has 3 aromatic rings. The van der Waals surface area contributed by atoms with Gasteiger partial charge in [0, 0.05) is 16.2 Å². The molecule has 0 aliphatic carbocycles. The van der Waals surface area contributed by atoms with Crippen molar-refractivity contribution in [1.82, 2.24) is 5.16 Å². The standard InChI is InChI=1S/C23H26ClNO5S/c1-4-6-16-19(9-8-17-22(16)30-25-23(17)28-3)29-11-5-12-31-20-10-7-15(13-18(20)24)14-21(26)27-2/h7-10,13H,4-6,11-12,14H2,1-3H3. The van der Waals surface area contributed by atoms with Gasteiger partial charge in [-0.3, -0.25) is 4.79 Å². The molecular formula is C23H26ClNO5S. The molecule has 0 aliphatic rings. The van der Waals surface area contributed by atoms with Crippen molar-refractivity contribution in [1.29, 1.82) is 0 Å². The van der Waals surface area contributed by atoms with Gasteiger partial charge in [-0.05, 0) is 47.8 Å². The molecule has 31 heavy (non-hydrogen) atoms. The van der Waals surface area contributed by atoms with E-state index in [9.17, 15) is 4.79 Å². The van der Waals surface area contributed by atoms with Gasteiger partial charge in [-0.25, -0.2) is 0 Å². The Morgan fingerprint density at radius 3 is 2.77 bits per heavy atom. The molecule has 0 saturated heterocycles. The first-order valence-corrected chi connectivity index (χ1v) is 11.5. The van der Waals surface area contributed by atoms with E-state index in [1.165, 1.54) is 7.11 Å². The highest BCUT2D eigenvalue weighted by molar-refractivity contribution is 7.99. The van der Waals surface area contributed by atoms with Crippen LogP contribution in [0.2, 0.25) is 5.02 Å². The number of methoxy groups -OCH3 is 2. The first-order valence-electron chi connectivity index (χ1n) is 10.1. The Kier molecular flexibility index (Phi) is 8.49. The number of aromatic nitrogens is 1. The van der Waals surface area contributed by atoms with Crippen LogP contribution in [0.1, 0.15) is 30.9 Å². The Morgan fingerprint density at radius 2 is 2.06 bits per heavy atom. The lowest BCUT2D eigenvalue weighted by Gasteiger charge is -2.11. The summed E-state index contributed by atoms with van der Waals surface area (Å²) < 4.78 is 21.5. The number of nitrogens with zero attached hydrogens (tertiary/aromatic N) is 1. The van der Waals surface area contributed by atoms with Gasteiger partial charge < -0.3 is 18.7 Å². The van der Waals surface area contributed by atoms with Crippen LogP contribution in [-0.4, -0.2) is 37.7 Å². The van der Waals surface area contributed by atoms with Gasteiger partial charge in [0.25, 0.3) is 5.88 Å². The lowest BCUT2D eigenvalue weighted by Crippen LogP contribution is -2.04. The molecule has 0 aliphatic heterocycles. The van der Waals surface area contributed by atoms with Crippen LogP contribution in [0.15, 0.2) is 39.8 Å². The summed E-state index contributed by atoms with van der Waals surface area (Å²) in [6.45, 7) is 2.70. The van der Waals surface area contributed by atoms with E-state index in [-0.39, 0.29) is 12.4 Å². The van der Waals surface area contributed by atoms with E-state index in [1.54, 1.807) is 18.9 Å². The molecule has 0 radical (unpaired) electrons. The maximum Gasteiger partial charge on any atom is 0.309 e. The molecule has 1 heterocycles. The van der Waals surface area contributed by atoms with Crippen LogP contribution >= 0.6 is 23.4 Å². The van der Waals surface area contributed by atoms with E-state index in [0.29, 0.717) is 17.5 Å². The minimum atomic E-state index is -0.280. The topological polar surface area (TPSA) is 70.8 Å². The summed E-state index contributed by atoms with van der Waals surface area (Å²) in [4.78, 5) is 12.4. The summed E-state index contributed by atoms with van der Waals surface area (Å²) in [7, 11) is 2.96. The van der Waals surface area contributed by atoms with Gasteiger partial charge >= 0.3 is 5.97 Å². The van der Waals surface area contributed by atoms with Crippen molar-refractivity contribution in [3.05, 3.63) is 46.5 Å². The normalized spacial score (nSPS) is 11.0. The van der Waals surface area contributed by atoms with E-state index in [4.69, 9.17) is 25.6 Å². The molecule has 0 fully saturated rings. The summed E-state index contributed by atoms with van der Waals surface area (Å²) in [5.41, 5.74) is 2.59. The molecule has 0 N–H and O–H groups in total. The van der Waals surface area contributed by atoms with Crippen molar-refractivity contribution in [3.8, 4) is 11.6 Å². The molecular weight excluding hydrogens is 438 g/mol. The summed E-state index contributed by atoms with van der Waals surface area (Å²) in [5, 5.41) is 5.48. The molecule has 0 spiro atoms. The van der Waals surface area contributed by atoms with Crippen molar-refractivity contribution in [3.63, 3.8) is 0 Å². The first-order chi connectivity index (χ1) is 15.1. The Hall–Kier alpha value is -2.38. The smallest absolute Gasteiger partial charge is 0.309 e. The fourth-order valence-corrected chi connectivity index (χ4v) is 4.43. The van der Waals surface area contributed by atoms with Gasteiger partial charge in [-0.1, -0.05) is 31.0 Å². The molecule has 0 amide bonds. The van der Waals surface area contributed by atoms with Crippen molar-refractivity contribution >= 4 is 40.3 Å². The third-order valence-corrected chi connectivity index (χ3v) is 6.32. The summed E-state index contributed by atoms with van der Waals surface area (Å²) >= 11 is 8.02. The number of esters is 1. The molecule has 2 aromatic carbocycles. The molecule has 3 rings (SSSR count). The Morgan fingerprint density at radius 1 is 1.23 bits per heavy atom. The lowest BCUT2D eigenvalue weighted by molar-refractivity contribution is -0.139. The number of halogens is 1. The number of hydrogen-bond donors (Lipinski definition) is 0. The third kappa shape index (κ3) is 5.86. The Labute approximate surface area is 191 Å². The lowest BCUT2D eigenvalue weighted by atomic mass is 10.1.